The van der Waals surface area contributed by atoms with Crippen LogP contribution in [-0.4, -0.2) is 19.6 Å². The summed E-state index contributed by atoms with van der Waals surface area (Å²) in [5.74, 6) is -0.359. The second-order valence-electron chi connectivity index (χ2n) is 3.22. The Labute approximate surface area is 89.4 Å². The van der Waals surface area contributed by atoms with Crippen LogP contribution in [-0.2, 0) is 4.74 Å². The van der Waals surface area contributed by atoms with Gasteiger partial charge in [0.05, 0.1) is 24.0 Å². The number of benzene rings is 1. The fraction of sp³-hybridized carbons (Fsp3) is 0.364. The molecular weight excluding hydrogens is 192 g/mol. The maximum atomic E-state index is 11.4. The third-order valence-electron chi connectivity index (χ3n) is 2.29. The average Bonchev–Trinajstić information content (AvgIpc) is 2.24. The van der Waals surface area contributed by atoms with Crippen molar-refractivity contribution < 1.29 is 9.53 Å². The molecule has 0 saturated carbocycles. The maximum Gasteiger partial charge on any atom is 0.338 e. The molecule has 0 bridgehead atoms. The molecule has 4 nitrogen and oxygen atoms in total. The van der Waals surface area contributed by atoms with E-state index in [1.165, 1.54) is 7.11 Å². The van der Waals surface area contributed by atoms with E-state index in [4.69, 9.17) is 5.73 Å². The molecule has 0 aliphatic rings. The zero-order valence-corrected chi connectivity index (χ0v) is 9.26. The Morgan fingerprint density at radius 2 is 2.20 bits per heavy atom. The van der Waals surface area contributed by atoms with Crippen LogP contribution >= 0.6 is 0 Å². The van der Waals surface area contributed by atoms with Crippen molar-refractivity contribution in [1.29, 1.82) is 0 Å². The van der Waals surface area contributed by atoms with Crippen LogP contribution in [0, 0.1) is 6.92 Å². The van der Waals surface area contributed by atoms with Gasteiger partial charge in [-0.1, -0.05) is 0 Å². The first-order valence-electron chi connectivity index (χ1n) is 4.83. The van der Waals surface area contributed by atoms with Gasteiger partial charge in [-0.05, 0) is 31.5 Å². The van der Waals surface area contributed by atoms with Gasteiger partial charge in [-0.15, -0.1) is 0 Å². The highest BCUT2D eigenvalue weighted by Crippen LogP contribution is 2.25. The number of nitrogen functional groups attached to an aromatic ring is 1. The molecule has 0 aliphatic carbocycles. The van der Waals surface area contributed by atoms with E-state index in [1.54, 1.807) is 12.1 Å². The Morgan fingerprint density at radius 3 is 2.73 bits per heavy atom. The zero-order chi connectivity index (χ0) is 11.4. The Balaban J connectivity index is 3.15. The number of rotatable bonds is 3. The number of carbonyl (C=O) groups excluding carboxylic acids is 1. The summed E-state index contributed by atoms with van der Waals surface area (Å²) < 4.78 is 4.66. The summed E-state index contributed by atoms with van der Waals surface area (Å²) in [4.78, 5) is 11.4. The van der Waals surface area contributed by atoms with Crippen molar-refractivity contribution in [3.05, 3.63) is 23.3 Å². The molecule has 1 aromatic rings. The van der Waals surface area contributed by atoms with Crippen LogP contribution in [0.4, 0.5) is 11.4 Å². The fourth-order valence-electron chi connectivity index (χ4n) is 1.40. The van der Waals surface area contributed by atoms with Gasteiger partial charge in [0.15, 0.2) is 0 Å². The van der Waals surface area contributed by atoms with E-state index >= 15 is 0 Å². The van der Waals surface area contributed by atoms with Gasteiger partial charge in [-0.25, -0.2) is 4.79 Å². The van der Waals surface area contributed by atoms with Gasteiger partial charge < -0.3 is 15.8 Å². The number of anilines is 2. The number of hydrogen-bond donors (Lipinski definition) is 2. The van der Waals surface area contributed by atoms with Crippen LogP contribution in [0.15, 0.2) is 12.1 Å². The summed E-state index contributed by atoms with van der Waals surface area (Å²) in [6, 6.07) is 3.51. The molecule has 82 valence electrons. The third kappa shape index (κ3) is 2.21. The lowest BCUT2D eigenvalue weighted by Crippen LogP contribution is -2.08. The van der Waals surface area contributed by atoms with Crippen LogP contribution < -0.4 is 11.1 Å². The van der Waals surface area contributed by atoms with Gasteiger partial charge in [-0.3, -0.25) is 0 Å². The number of methoxy groups -OCH3 is 1. The lowest BCUT2D eigenvalue weighted by Gasteiger charge is -2.12. The van der Waals surface area contributed by atoms with Crippen molar-refractivity contribution in [2.75, 3.05) is 24.7 Å². The van der Waals surface area contributed by atoms with E-state index in [0.717, 1.165) is 17.8 Å². The summed E-state index contributed by atoms with van der Waals surface area (Å²) in [5, 5.41) is 3.12. The summed E-state index contributed by atoms with van der Waals surface area (Å²) >= 11 is 0. The highest BCUT2D eigenvalue weighted by atomic mass is 16.5. The van der Waals surface area contributed by atoms with E-state index in [-0.39, 0.29) is 5.97 Å². The smallest absolute Gasteiger partial charge is 0.338 e. The number of hydrogen-bond acceptors (Lipinski definition) is 4. The molecule has 0 spiro atoms. The molecule has 0 atom stereocenters. The Bertz CT molecular complexity index is 375. The molecule has 1 aromatic carbocycles. The summed E-state index contributed by atoms with van der Waals surface area (Å²) in [5.41, 5.74) is 8.60. The van der Waals surface area contributed by atoms with Gasteiger partial charge >= 0.3 is 5.97 Å². The normalized spacial score (nSPS) is 9.80. The van der Waals surface area contributed by atoms with Crippen molar-refractivity contribution in [2.24, 2.45) is 0 Å². The topological polar surface area (TPSA) is 64.3 Å². The minimum atomic E-state index is -0.359. The largest absolute Gasteiger partial charge is 0.465 e. The molecule has 1 rings (SSSR count). The summed E-state index contributed by atoms with van der Waals surface area (Å²) in [7, 11) is 1.36. The molecule has 0 heterocycles. The zero-order valence-electron chi connectivity index (χ0n) is 9.26. The minimum absolute atomic E-state index is 0.359. The van der Waals surface area contributed by atoms with Crippen LogP contribution in [0.1, 0.15) is 22.8 Å². The van der Waals surface area contributed by atoms with Crippen molar-refractivity contribution in [1.82, 2.24) is 0 Å². The Morgan fingerprint density at radius 1 is 1.53 bits per heavy atom. The number of carbonyl (C=O) groups is 1. The van der Waals surface area contributed by atoms with E-state index in [0.29, 0.717) is 11.3 Å². The summed E-state index contributed by atoms with van der Waals surface area (Å²) in [6.07, 6.45) is 0. The van der Waals surface area contributed by atoms with Gasteiger partial charge in [-0.2, -0.15) is 0 Å². The van der Waals surface area contributed by atoms with E-state index < -0.39 is 0 Å². The lowest BCUT2D eigenvalue weighted by atomic mass is 10.1. The molecule has 0 fully saturated rings. The Kier molecular flexibility index (Phi) is 3.55. The van der Waals surface area contributed by atoms with Gasteiger partial charge in [0.1, 0.15) is 0 Å². The van der Waals surface area contributed by atoms with Crippen LogP contribution in [0.5, 0.6) is 0 Å². The quantitative estimate of drug-likeness (QED) is 0.587. The SMILES string of the molecule is CCNc1ccc(C(=O)OC)c(C)c1N. The first-order valence-corrected chi connectivity index (χ1v) is 4.83. The maximum absolute atomic E-state index is 11.4. The van der Waals surface area contributed by atoms with Crippen LogP contribution in [0.3, 0.4) is 0 Å². The van der Waals surface area contributed by atoms with Crippen molar-refractivity contribution in [3.8, 4) is 0 Å². The molecule has 15 heavy (non-hydrogen) atoms. The highest BCUT2D eigenvalue weighted by molar-refractivity contribution is 5.94. The molecule has 0 saturated heterocycles. The Hall–Kier alpha value is -1.71. The fourth-order valence-corrected chi connectivity index (χ4v) is 1.40. The molecule has 0 radical (unpaired) electrons. The van der Waals surface area contributed by atoms with Gasteiger partial charge in [0.25, 0.3) is 0 Å². The molecule has 0 unspecified atom stereocenters. The number of ether oxygens (including phenoxy) is 1. The monoisotopic (exact) mass is 208 g/mol. The molecular formula is C11H16N2O2. The van der Waals surface area contributed by atoms with E-state index in [9.17, 15) is 4.79 Å². The molecule has 0 aliphatic heterocycles. The first kappa shape index (κ1) is 11.4. The first-order chi connectivity index (χ1) is 7.11. The molecule has 0 amide bonds. The second kappa shape index (κ2) is 4.68. The highest BCUT2D eigenvalue weighted by Gasteiger charge is 2.12. The van der Waals surface area contributed by atoms with Gasteiger partial charge in [0.2, 0.25) is 0 Å². The van der Waals surface area contributed by atoms with E-state index in [2.05, 4.69) is 10.1 Å². The summed E-state index contributed by atoms with van der Waals surface area (Å²) in [6.45, 7) is 4.59. The molecule has 0 aromatic heterocycles. The van der Waals surface area contributed by atoms with Crippen molar-refractivity contribution in [3.63, 3.8) is 0 Å². The van der Waals surface area contributed by atoms with Crippen molar-refractivity contribution >= 4 is 17.3 Å². The second-order valence-corrected chi connectivity index (χ2v) is 3.22. The van der Waals surface area contributed by atoms with E-state index in [1.807, 2.05) is 13.8 Å². The minimum Gasteiger partial charge on any atom is -0.465 e. The number of nitrogens with one attached hydrogen (secondary N) is 1. The number of nitrogens with two attached hydrogens (primary N) is 1. The standard InChI is InChI=1S/C11H16N2O2/c1-4-13-9-6-5-8(11(14)15-3)7(2)10(9)12/h5-6,13H,4,12H2,1-3H3. The lowest BCUT2D eigenvalue weighted by molar-refractivity contribution is 0.0600. The predicted molar refractivity (Wildman–Crippen MR) is 61.1 cm³/mol. The van der Waals surface area contributed by atoms with Crippen molar-refractivity contribution in [2.45, 2.75) is 13.8 Å². The third-order valence-corrected chi connectivity index (χ3v) is 2.29. The molecule has 4 heteroatoms. The number of esters is 1. The van der Waals surface area contributed by atoms with Crippen LogP contribution in [0.2, 0.25) is 0 Å². The van der Waals surface area contributed by atoms with Crippen LogP contribution in [0.25, 0.3) is 0 Å². The van der Waals surface area contributed by atoms with Gasteiger partial charge in [0, 0.05) is 6.54 Å². The predicted octanol–water partition coefficient (Wildman–Crippen LogP) is 1.80. The average molecular weight is 208 g/mol. The molecule has 3 N–H and O–H groups in total.